The molecule has 0 radical (unpaired) electrons. The van der Waals surface area contributed by atoms with Gasteiger partial charge in [0.1, 0.15) is 5.75 Å². The van der Waals surface area contributed by atoms with Gasteiger partial charge in [-0.15, -0.1) is 8.78 Å². The highest BCUT2D eigenvalue weighted by Gasteiger charge is 2.37. The first-order valence-corrected chi connectivity index (χ1v) is 15.1. The second-order valence-electron chi connectivity index (χ2n) is 9.84. The Balaban J connectivity index is 1.64. The molecule has 186 valence electrons. The van der Waals surface area contributed by atoms with E-state index in [0.717, 1.165) is 35.2 Å². The van der Waals surface area contributed by atoms with Gasteiger partial charge < -0.3 is 19.4 Å². The number of nitrogens with zero attached hydrogens (tertiary/aromatic N) is 1. The van der Waals surface area contributed by atoms with Crippen LogP contribution in [0.5, 0.6) is 5.75 Å². The fraction of sp³-hybridized carbons (Fsp3) is 0.458. The van der Waals surface area contributed by atoms with Crippen LogP contribution in [0.25, 0.3) is 0 Å². The van der Waals surface area contributed by atoms with Crippen molar-refractivity contribution in [3.8, 4) is 5.75 Å². The van der Waals surface area contributed by atoms with Crippen molar-refractivity contribution in [3.63, 3.8) is 0 Å². The molecule has 1 N–H and O–H groups in total. The van der Waals surface area contributed by atoms with E-state index < -0.39 is 13.9 Å². The molecule has 0 fully saturated rings. The van der Waals surface area contributed by atoms with Gasteiger partial charge in [0.25, 0.3) is 5.91 Å². The van der Waals surface area contributed by atoms with Crippen LogP contribution >= 0.6 is 27.5 Å². The second kappa shape index (κ2) is 10.1. The number of fused-ring (bicyclic) bond motifs is 1. The molecule has 0 unspecified atom stereocenters. The summed E-state index contributed by atoms with van der Waals surface area (Å²) in [5.74, 6) is -0.393. The lowest BCUT2D eigenvalue weighted by Gasteiger charge is -2.36. The van der Waals surface area contributed by atoms with Crippen LogP contribution in [0.1, 0.15) is 36.7 Å². The van der Waals surface area contributed by atoms with Gasteiger partial charge in [-0.05, 0) is 82.4 Å². The van der Waals surface area contributed by atoms with E-state index in [1.807, 2.05) is 6.07 Å². The molecular formula is C24H30BrClF2N2O3Si. The lowest BCUT2D eigenvalue weighted by molar-refractivity contribution is -0.0964. The molecule has 1 aliphatic heterocycles. The molecule has 1 amide bonds. The Labute approximate surface area is 214 Å². The third-order valence-electron chi connectivity index (χ3n) is 6.35. The monoisotopic (exact) mass is 574 g/mol. The average molecular weight is 576 g/mol. The van der Waals surface area contributed by atoms with Crippen molar-refractivity contribution >= 4 is 53.1 Å². The number of nitrogens with one attached hydrogen (secondary N) is 1. The van der Waals surface area contributed by atoms with Gasteiger partial charge >= 0.3 is 5.57 Å². The Kier molecular flexibility index (Phi) is 8.02. The maximum Gasteiger partial charge on any atom is 0.487 e. The zero-order chi connectivity index (χ0) is 25.3. The van der Waals surface area contributed by atoms with Crippen molar-refractivity contribution < 1.29 is 22.7 Å². The van der Waals surface area contributed by atoms with E-state index in [1.54, 1.807) is 6.07 Å². The Hall–Kier alpha value is -1.68. The molecule has 0 saturated carbocycles. The highest BCUT2D eigenvalue weighted by molar-refractivity contribution is 9.10. The summed E-state index contributed by atoms with van der Waals surface area (Å²) in [7, 11) is -1.80. The van der Waals surface area contributed by atoms with Crippen molar-refractivity contribution in [2.24, 2.45) is 0 Å². The predicted octanol–water partition coefficient (Wildman–Crippen LogP) is 7.25. The third kappa shape index (κ3) is 6.71. The van der Waals surface area contributed by atoms with Gasteiger partial charge in [0.15, 0.2) is 8.32 Å². The van der Waals surface area contributed by atoms with E-state index in [2.05, 4.69) is 64.7 Å². The summed E-state index contributed by atoms with van der Waals surface area (Å²) in [6, 6.07) is 9.27. The molecule has 2 aromatic rings. The minimum atomic E-state index is -3.79. The molecule has 0 aliphatic carbocycles. The molecule has 10 heteroatoms. The van der Waals surface area contributed by atoms with Crippen LogP contribution in [-0.2, 0) is 10.8 Å². The number of anilines is 2. The summed E-state index contributed by atoms with van der Waals surface area (Å²) >= 11 is 8.41. The Morgan fingerprint density at radius 3 is 2.44 bits per heavy atom. The largest absolute Gasteiger partial charge is 0.487 e. The van der Waals surface area contributed by atoms with Gasteiger partial charge in [-0.3, -0.25) is 4.79 Å². The van der Waals surface area contributed by atoms with E-state index in [9.17, 15) is 13.6 Å². The number of benzene rings is 2. The molecule has 0 spiro atoms. The summed E-state index contributed by atoms with van der Waals surface area (Å²) in [4.78, 5) is 15.1. The van der Waals surface area contributed by atoms with Crippen LogP contribution < -0.4 is 15.0 Å². The van der Waals surface area contributed by atoms with Crippen molar-refractivity contribution in [1.82, 2.24) is 0 Å². The molecule has 2 aromatic carbocycles. The molecule has 1 heterocycles. The fourth-order valence-corrected chi connectivity index (χ4v) is 5.37. The molecule has 0 atom stereocenters. The van der Waals surface area contributed by atoms with Crippen molar-refractivity contribution in [3.05, 3.63) is 52.0 Å². The number of ether oxygens (including phenoxy) is 1. The topological polar surface area (TPSA) is 50.8 Å². The van der Waals surface area contributed by atoms with E-state index in [0.29, 0.717) is 17.9 Å². The molecule has 34 heavy (non-hydrogen) atoms. The number of halogens is 4. The summed E-state index contributed by atoms with van der Waals surface area (Å²) in [6.07, 6.45) is 0.841. The first-order valence-electron chi connectivity index (χ1n) is 11.0. The smallest absolute Gasteiger partial charge is 0.420 e. The predicted molar refractivity (Wildman–Crippen MR) is 139 cm³/mol. The molecular weight excluding hydrogens is 546 g/mol. The van der Waals surface area contributed by atoms with E-state index in [1.165, 1.54) is 24.3 Å². The van der Waals surface area contributed by atoms with Crippen LogP contribution in [0.15, 0.2) is 40.9 Å². The SMILES string of the molecule is CC(C)(C)[Si](C)(C)OCCN1CCc2cc(C(=O)Nc3ccc(OC(F)(F)Cl)cc3)cc(Br)c21. The lowest BCUT2D eigenvalue weighted by Crippen LogP contribution is -2.42. The first-order chi connectivity index (χ1) is 15.7. The lowest BCUT2D eigenvalue weighted by atomic mass is 10.1. The van der Waals surface area contributed by atoms with Gasteiger partial charge in [-0.2, -0.15) is 0 Å². The minimum Gasteiger partial charge on any atom is -0.420 e. The molecule has 0 aromatic heterocycles. The zero-order valence-electron chi connectivity index (χ0n) is 20.0. The summed E-state index contributed by atoms with van der Waals surface area (Å²) in [5.41, 5.74) is -0.626. The maximum absolute atomic E-state index is 12.8. The third-order valence-corrected chi connectivity index (χ3v) is 11.6. The van der Waals surface area contributed by atoms with Crippen molar-refractivity contribution in [2.75, 3.05) is 29.9 Å². The fourth-order valence-electron chi connectivity index (χ4n) is 3.49. The normalized spacial score (nSPS) is 14.2. The Morgan fingerprint density at radius 2 is 1.85 bits per heavy atom. The highest BCUT2D eigenvalue weighted by atomic mass is 79.9. The summed E-state index contributed by atoms with van der Waals surface area (Å²) in [6.45, 7) is 13.5. The number of hydrogen-bond donors (Lipinski definition) is 1. The standard InChI is InChI=1S/C24H30BrClF2N2O3Si/c1-23(2,3)34(4,5)32-13-12-30-11-10-16-14-17(15-20(25)21(16)30)22(31)29-18-6-8-19(9-7-18)33-24(26,27)28/h6-9,14-15H,10-13H2,1-5H3,(H,29,31). The van der Waals surface area contributed by atoms with E-state index in [-0.39, 0.29) is 16.7 Å². The number of alkyl halides is 3. The average Bonchev–Trinajstić information content (AvgIpc) is 3.11. The van der Waals surface area contributed by atoms with Crippen LogP contribution in [0.3, 0.4) is 0 Å². The Morgan fingerprint density at radius 1 is 1.21 bits per heavy atom. The van der Waals surface area contributed by atoms with Gasteiger partial charge in [0.2, 0.25) is 0 Å². The van der Waals surface area contributed by atoms with Gasteiger partial charge in [0, 0.05) is 40.4 Å². The van der Waals surface area contributed by atoms with Crippen LogP contribution in [0.4, 0.5) is 20.2 Å². The molecule has 3 rings (SSSR count). The highest BCUT2D eigenvalue weighted by Crippen LogP contribution is 2.38. The first kappa shape index (κ1) is 26.9. The van der Waals surface area contributed by atoms with E-state index >= 15 is 0 Å². The van der Waals surface area contributed by atoms with Crippen LogP contribution in [0, 0.1) is 0 Å². The molecule has 0 bridgehead atoms. The number of carbonyl (C=O) groups is 1. The minimum absolute atomic E-state index is 0.101. The number of rotatable bonds is 8. The van der Waals surface area contributed by atoms with Gasteiger partial charge in [-0.1, -0.05) is 20.8 Å². The summed E-state index contributed by atoms with van der Waals surface area (Å²) < 4.78 is 37.0. The van der Waals surface area contributed by atoms with Crippen LogP contribution in [-0.4, -0.2) is 39.5 Å². The van der Waals surface area contributed by atoms with E-state index in [4.69, 9.17) is 16.0 Å². The number of hydrogen-bond acceptors (Lipinski definition) is 4. The molecule has 1 aliphatic rings. The van der Waals surface area contributed by atoms with Gasteiger partial charge in [0.05, 0.1) is 12.3 Å². The van der Waals surface area contributed by atoms with Crippen molar-refractivity contribution in [2.45, 2.75) is 50.9 Å². The number of amides is 1. The quantitative estimate of drug-likeness (QED) is 0.266. The Bertz CT molecular complexity index is 1040. The second-order valence-corrected chi connectivity index (χ2v) is 15.9. The van der Waals surface area contributed by atoms with Crippen molar-refractivity contribution in [1.29, 1.82) is 0 Å². The zero-order valence-corrected chi connectivity index (χ0v) is 23.3. The number of carbonyl (C=O) groups excluding carboxylic acids is 1. The van der Waals surface area contributed by atoms with Gasteiger partial charge in [-0.25, -0.2) is 0 Å². The maximum atomic E-state index is 12.8. The summed E-state index contributed by atoms with van der Waals surface area (Å²) in [5, 5.41) is 2.95. The molecule has 5 nitrogen and oxygen atoms in total. The van der Waals surface area contributed by atoms with Crippen LogP contribution in [0.2, 0.25) is 18.1 Å². The molecule has 0 saturated heterocycles.